The first-order chi connectivity index (χ1) is 14.7. The van der Waals surface area contributed by atoms with Crippen LogP contribution in [0.4, 0.5) is 4.79 Å². The molecule has 8 nitrogen and oxygen atoms in total. The zero-order chi connectivity index (χ0) is 22.8. The SMILES string of the molecule is CC(C)C[C@H](NC(=O)C1=C=C=[N+](COC(=O)N[C@@H](C)Cc2ccccc2)C=C1)C(N)=O. The van der Waals surface area contributed by atoms with Crippen molar-refractivity contribution in [2.45, 2.75) is 45.7 Å². The van der Waals surface area contributed by atoms with Crippen molar-refractivity contribution < 1.29 is 23.7 Å². The minimum Gasteiger partial charge on any atom is -0.388 e. The average molecular weight is 426 g/mol. The number of primary amides is 1. The summed E-state index contributed by atoms with van der Waals surface area (Å²) >= 11 is 0. The Hall–Kier alpha value is -3.60. The minimum absolute atomic E-state index is 0.0838. The van der Waals surface area contributed by atoms with Crippen LogP contribution in [0.25, 0.3) is 0 Å². The van der Waals surface area contributed by atoms with Gasteiger partial charge in [0.1, 0.15) is 11.6 Å². The van der Waals surface area contributed by atoms with Crippen molar-refractivity contribution in [3.8, 4) is 0 Å². The van der Waals surface area contributed by atoms with Gasteiger partial charge in [-0.05, 0) is 31.2 Å². The zero-order valence-electron chi connectivity index (χ0n) is 18.1. The number of nitrogens with two attached hydrogens (primary N) is 1. The number of alkyl carbamates (subject to hydrolysis) is 1. The molecule has 2 rings (SSSR count). The summed E-state index contributed by atoms with van der Waals surface area (Å²) < 4.78 is 6.62. The van der Waals surface area contributed by atoms with Crippen LogP contribution in [0.5, 0.6) is 0 Å². The van der Waals surface area contributed by atoms with Crippen LogP contribution >= 0.6 is 0 Å². The van der Waals surface area contributed by atoms with Gasteiger partial charge in [0.05, 0.1) is 0 Å². The Morgan fingerprint density at radius 2 is 1.84 bits per heavy atom. The van der Waals surface area contributed by atoms with Gasteiger partial charge in [0.25, 0.3) is 5.91 Å². The molecule has 4 N–H and O–H groups in total. The maximum Gasteiger partial charge on any atom is 0.412 e. The van der Waals surface area contributed by atoms with Crippen LogP contribution in [-0.4, -0.2) is 47.2 Å². The molecule has 0 bridgehead atoms. The molecule has 0 aliphatic carbocycles. The number of benzene rings is 1. The van der Waals surface area contributed by atoms with E-state index in [1.807, 2.05) is 51.1 Å². The Kier molecular flexibility index (Phi) is 8.82. The molecule has 3 amide bonds. The topological polar surface area (TPSA) is 114 Å². The molecule has 31 heavy (non-hydrogen) atoms. The molecule has 0 unspecified atom stereocenters. The Balaban J connectivity index is 1.87. The molecular formula is C23H29N4O4+. The highest BCUT2D eigenvalue weighted by molar-refractivity contribution is 5.99. The van der Waals surface area contributed by atoms with Crippen LogP contribution in [0.2, 0.25) is 0 Å². The normalized spacial score (nSPS) is 14.3. The highest BCUT2D eigenvalue weighted by atomic mass is 16.6. The number of hydrogen-bond acceptors (Lipinski definition) is 4. The standard InChI is InChI=1S/C23H28N4O4/c1-16(2)13-20(21(24)28)26-22(29)19-9-11-27(12-10-19)15-31-23(30)25-17(3)14-18-7-5-4-6-8-18/h4-9,11,16-17,20H,13-15H2,1-3H3,(H3-,24,25,26,28,29,30)/p+1/t17-,20-/m0/s1. The fourth-order valence-corrected chi connectivity index (χ4v) is 2.93. The quantitative estimate of drug-likeness (QED) is 0.390. The largest absolute Gasteiger partial charge is 0.412 e. The molecule has 1 heterocycles. The van der Waals surface area contributed by atoms with Crippen molar-refractivity contribution in [3.05, 3.63) is 59.5 Å². The summed E-state index contributed by atoms with van der Waals surface area (Å²) in [6, 6.07) is 8.99. The molecule has 0 radical (unpaired) electrons. The number of nitrogens with zero attached hydrogens (tertiary/aromatic N) is 1. The molecule has 2 atom stereocenters. The second-order valence-electron chi connectivity index (χ2n) is 7.79. The van der Waals surface area contributed by atoms with E-state index in [1.54, 1.807) is 0 Å². The lowest BCUT2D eigenvalue weighted by molar-refractivity contribution is -0.490. The number of amides is 3. The summed E-state index contributed by atoms with van der Waals surface area (Å²) in [5, 5.41) is 5.38. The lowest BCUT2D eigenvalue weighted by atomic mass is 10.0. The van der Waals surface area contributed by atoms with Gasteiger partial charge in [0.15, 0.2) is 6.20 Å². The fraction of sp³-hybridized carbons (Fsp3) is 0.391. The highest BCUT2D eigenvalue weighted by Gasteiger charge is 2.22. The van der Waals surface area contributed by atoms with E-state index in [2.05, 4.69) is 22.2 Å². The van der Waals surface area contributed by atoms with E-state index in [0.717, 1.165) is 5.56 Å². The van der Waals surface area contributed by atoms with Gasteiger partial charge in [-0.15, -0.1) is 4.58 Å². The molecule has 164 valence electrons. The van der Waals surface area contributed by atoms with E-state index < -0.39 is 23.9 Å². The fourth-order valence-electron chi connectivity index (χ4n) is 2.93. The number of hydrogen-bond donors (Lipinski definition) is 3. The average Bonchev–Trinajstić information content (AvgIpc) is 2.72. The summed E-state index contributed by atoms with van der Waals surface area (Å²) in [6.45, 7) is 5.69. The molecule has 0 aromatic heterocycles. The Morgan fingerprint density at radius 3 is 2.42 bits per heavy atom. The van der Waals surface area contributed by atoms with E-state index >= 15 is 0 Å². The second kappa shape index (κ2) is 11.6. The molecule has 8 heteroatoms. The predicted molar refractivity (Wildman–Crippen MR) is 116 cm³/mol. The van der Waals surface area contributed by atoms with Gasteiger partial charge >= 0.3 is 12.8 Å². The first-order valence-electron chi connectivity index (χ1n) is 10.2. The molecule has 0 saturated carbocycles. The van der Waals surface area contributed by atoms with Gasteiger partial charge in [-0.3, -0.25) is 9.59 Å². The molecule has 1 aromatic rings. The van der Waals surface area contributed by atoms with Crippen LogP contribution in [-0.2, 0) is 20.7 Å². The molecule has 1 aromatic carbocycles. The molecule has 0 spiro atoms. The third-order valence-corrected chi connectivity index (χ3v) is 4.44. The zero-order valence-corrected chi connectivity index (χ0v) is 18.1. The summed E-state index contributed by atoms with van der Waals surface area (Å²) in [5.41, 5.74) is 9.36. The lowest BCUT2D eigenvalue weighted by Crippen LogP contribution is -2.45. The van der Waals surface area contributed by atoms with Crippen LogP contribution in [0.3, 0.4) is 0 Å². The van der Waals surface area contributed by atoms with Gasteiger partial charge in [0, 0.05) is 17.8 Å². The molecule has 1 aliphatic heterocycles. The number of carbonyl (C=O) groups excluding carboxylic acids is 3. The number of rotatable bonds is 10. The van der Waals surface area contributed by atoms with E-state index in [1.165, 1.54) is 16.9 Å². The van der Waals surface area contributed by atoms with E-state index in [4.69, 9.17) is 10.5 Å². The Bertz CT molecular complexity index is 940. The molecular weight excluding hydrogens is 396 g/mol. The van der Waals surface area contributed by atoms with Crippen LogP contribution in [0, 0.1) is 5.92 Å². The first-order valence-corrected chi connectivity index (χ1v) is 10.2. The summed E-state index contributed by atoms with van der Waals surface area (Å²) in [5.74, 6) is 1.86. The van der Waals surface area contributed by atoms with Crippen molar-refractivity contribution in [2.75, 3.05) is 6.73 Å². The third-order valence-electron chi connectivity index (χ3n) is 4.44. The van der Waals surface area contributed by atoms with Crippen molar-refractivity contribution >= 4 is 23.8 Å². The van der Waals surface area contributed by atoms with Crippen LogP contribution in [0.1, 0.15) is 32.8 Å². The maximum atomic E-state index is 12.3. The number of ether oxygens (including phenoxy) is 1. The van der Waals surface area contributed by atoms with E-state index in [0.29, 0.717) is 12.8 Å². The smallest absolute Gasteiger partial charge is 0.388 e. The van der Waals surface area contributed by atoms with E-state index in [-0.39, 0.29) is 24.3 Å². The third kappa shape index (κ3) is 8.34. The van der Waals surface area contributed by atoms with Crippen molar-refractivity contribution in [1.29, 1.82) is 0 Å². The van der Waals surface area contributed by atoms with Crippen LogP contribution in [0.15, 0.2) is 53.9 Å². The van der Waals surface area contributed by atoms with Gasteiger partial charge < -0.3 is 21.1 Å². The lowest BCUT2D eigenvalue weighted by Gasteiger charge is -2.17. The monoisotopic (exact) mass is 425 g/mol. The van der Waals surface area contributed by atoms with Crippen molar-refractivity contribution in [3.63, 3.8) is 0 Å². The Labute approximate surface area is 182 Å². The Morgan fingerprint density at radius 1 is 1.13 bits per heavy atom. The summed E-state index contributed by atoms with van der Waals surface area (Å²) in [6.07, 6.45) is 3.62. The second-order valence-corrected chi connectivity index (χ2v) is 7.79. The molecule has 0 fully saturated rings. The highest BCUT2D eigenvalue weighted by Crippen LogP contribution is 2.07. The number of nitrogens with one attached hydrogen (secondary N) is 2. The summed E-state index contributed by atoms with van der Waals surface area (Å²) in [7, 11) is 0. The predicted octanol–water partition coefficient (Wildman–Crippen LogP) is 1.61. The van der Waals surface area contributed by atoms with Gasteiger partial charge in [-0.1, -0.05) is 44.2 Å². The van der Waals surface area contributed by atoms with Gasteiger partial charge in [0.2, 0.25) is 11.8 Å². The van der Waals surface area contributed by atoms with Gasteiger partial charge in [-0.25, -0.2) is 4.79 Å². The molecule has 1 aliphatic rings. The van der Waals surface area contributed by atoms with E-state index in [9.17, 15) is 14.4 Å². The number of carbonyl (C=O) groups is 3. The molecule has 0 saturated heterocycles. The van der Waals surface area contributed by atoms with Crippen molar-refractivity contribution in [1.82, 2.24) is 10.6 Å². The van der Waals surface area contributed by atoms with Crippen LogP contribution < -0.4 is 16.4 Å². The first kappa shape index (κ1) is 23.7. The maximum absolute atomic E-state index is 12.3. The summed E-state index contributed by atoms with van der Waals surface area (Å²) in [4.78, 5) is 35.8. The minimum atomic E-state index is -0.752. The van der Waals surface area contributed by atoms with Crippen molar-refractivity contribution in [2.24, 2.45) is 11.7 Å². The van der Waals surface area contributed by atoms with Gasteiger partial charge in [-0.2, -0.15) is 0 Å².